The maximum absolute atomic E-state index is 11.8. The van der Waals surface area contributed by atoms with E-state index >= 15 is 0 Å². The summed E-state index contributed by atoms with van der Waals surface area (Å²) in [5.74, 6) is 0.432. The lowest BCUT2D eigenvalue weighted by Crippen LogP contribution is -2.27. The number of hydrogen-bond acceptors (Lipinski definition) is 4. The van der Waals surface area contributed by atoms with Gasteiger partial charge in [-0.2, -0.15) is 0 Å². The van der Waals surface area contributed by atoms with Crippen LogP contribution in [0.25, 0.3) is 0 Å². The number of nitrogens with zero attached hydrogens (tertiary/aromatic N) is 3. The molecule has 2 rings (SSSR count). The molecule has 5 nitrogen and oxygen atoms in total. The molecule has 0 spiro atoms. The third-order valence-corrected chi connectivity index (χ3v) is 2.84. The molecule has 0 N–H and O–H groups in total. The van der Waals surface area contributed by atoms with Gasteiger partial charge in [0.05, 0.1) is 12.4 Å². The molecule has 0 aliphatic heterocycles. The van der Waals surface area contributed by atoms with E-state index in [-0.39, 0.29) is 6.61 Å². The number of rotatable bonds is 3. The zero-order chi connectivity index (χ0) is 13.7. The summed E-state index contributed by atoms with van der Waals surface area (Å²) in [5, 5.41) is 0. The van der Waals surface area contributed by atoms with E-state index in [9.17, 15) is 4.79 Å². The number of anilines is 1. The topological polar surface area (TPSA) is 55.3 Å². The van der Waals surface area contributed by atoms with E-state index in [0.29, 0.717) is 10.4 Å². The first-order chi connectivity index (χ1) is 9.16. The summed E-state index contributed by atoms with van der Waals surface area (Å²) in [6, 6.07) is 9.49. The van der Waals surface area contributed by atoms with E-state index in [0.717, 1.165) is 5.56 Å². The van der Waals surface area contributed by atoms with Crippen LogP contribution in [-0.2, 0) is 11.3 Å². The summed E-state index contributed by atoms with van der Waals surface area (Å²) in [4.78, 5) is 21.2. The summed E-state index contributed by atoms with van der Waals surface area (Å²) in [6.07, 6.45) is 2.55. The van der Waals surface area contributed by atoms with Crippen molar-refractivity contribution in [1.29, 1.82) is 0 Å². The SMILES string of the molecule is CN(C(=O)OCc1ccccc1)c1cnc(Br)cn1. The van der Waals surface area contributed by atoms with Crippen LogP contribution in [-0.4, -0.2) is 23.1 Å². The van der Waals surface area contributed by atoms with Crippen molar-refractivity contribution >= 4 is 27.8 Å². The average molecular weight is 322 g/mol. The Morgan fingerprint density at radius 1 is 1.26 bits per heavy atom. The van der Waals surface area contributed by atoms with Crippen LogP contribution in [0.15, 0.2) is 47.3 Å². The smallest absolute Gasteiger partial charge is 0.415 e. The Morgan fingerprint density at radius 2 is 2.00 bits per heavy atom. The second kappa shape index (κ2) is 6.29. The number of halogens is 1. The lowest BCUT2D eigenvalue weighted by molar-refractivity contribution is 0.148. The number of hydrogen-bond donors (Lipinski definition) is 0. The van der Waals surface area contributed by atoms with Crippen molar-refractivity contribution in [2.45, 2.75) is 6.61 Å². The van der Waals surface area contributed by atoms with Crippen LogP contribution in [0.1, 0.15) is 5.56 Å². The summed E-state index contributed by atoms with van der Waals surface area (Å²) in [6.45, 7) is 0.230. The predicted octanol–water partition coefficient (Wildman–Crippen LogP) is 3.01. The van der Waals surface area contributed by atoms with Crippen molar-refractivity contribution in [3.8, 4) is 0 Å². The lowest BCUT2D eigenvalue weighted by atomic mass is 10.2. The first kappa shape index (κ1) is 13.5. The van der Waals surface area contributed by atoms with Gasteiger partial charge in [0.1, 0.15) is 11.2 Å². The highest BCUT2D eigenvalue weighted by molar-refractivity contribution is 9.10. The second-order valence-electron chi connectivity index (χ2n) is 3.80. The minimum Gasteiger partial charge on any atom is -0.444 e. The Kier molecular flexibility index (Phi) is 4.46. The molecule has 0 atom stereocenters. The van der Waals surface area contributed by atoms with E-state index in [1.165, 1.54) is 17.3 Å². The van der Waals surface area contributed by atoms with Gasteiger partial charge in [-0.1, -0.05) is 30.3 Å². The molecule has 1 aromatic carbocycles. The second-order valence-corrected chi connectivity index (χ2v) is 4.61. The number of aromatic nitrogens is 2. The Balaban J connectivity index is 1.94. The summed E-state index contributed by atoms with van der Waals surface area (Å²) in [5.41, 5.74) is 0.936. The predicted molar refractivity (Wildman–Crippen MR) is 74.8 cm³/mol. The zero-order valence-corrected chi connectivity index (χ0v) is 11.9. The number of amides is 1. The van der Waals surface area contributed by atoms with Gasteiger partial charge < -0.3 is 4.74 Å². The van der Waals surface area contributed by atoms with Crippen LogP contribution in [0.3, 0.4) is 0 Å². The Morgan fingerprint density at radius 3 is 2.63 bits per heavy atom. The molecular formula is C13H12BrN3O2. The van der Waals surface area contributed by atoms with Gasteiger partial charge in [0.15, 0.2) is 5.82 Å². The van der Waals surface area contributed by atoms with Gasteiger partial charge in [0.2, 0.25) is 0 Å². The molecule has 19 heavy (non-hydrogen) atoms. The van der Waals surface area contributed by atoms with Crippen LogP contribution in [0.5, 0.6) is 0 Å². The normalized spacial score (nSPS) is 10.0. The van der Waals surface area contributed by atoms with E-state index in [1.54, 1.807) is 7.05 Å². The zero-order valence-electron chi connectivity index (χ0n) is 10.3. The third-order valence-electron chi connectivity index (χ3n) is 2.43. The molecule has 1 amide bonds. The highest BCUT2D eigenvalue weighted by Gasteiger charge is 2.13. The first-order valence-corrected chi connectivity index (χ1v) is 6.38. The van der Waals surface area contributed by atoms with E-state index < -0.39 is 6.09 Å². The van der Waals surface area contributed by atoms with Crippen molar-refractivity contribution < 1.29 is 9.53 Å². The van der Waals surface area contributed by atoms with Crippen LogP contribution < -0.4 is 4.90 Å². The van der Waals surface area contributed by atoms with Crippen molar-refractivity contribution in [3.63, 3.8) is 0 Å². The maximum Gasteiger partial charge on any atom is 0.415 e. The molecule has 1 heterocycles. The van der Waals surface area contributed by atoms with E-state index in [2.05, 4.69) is 25.9 Å². The molecule has 0 aliphatic carbocycles. The summed E-state index contributed by atoms with van der Waals surface area (Å²) >= 11 is 3.18. The maximum atomic E-state index is 11.8. The van der Waals surface area contributed by atoms with Gasteiger partial charge in [0.25, 0.3) is 0 Å². The molecule has 2 aromatic rings. The summed E-state index contributed by atoms with van der Waals surface area (Å²) in [7, 11) is 1.59. The fourth-order valence-corrected chi connectivity index (χ4v) is 1.59. The van der Waals surface area contributed by atoms with Gasteiger partial charge in [-0.05, 0) is 21.5 Å². The molecule has 6 heteroatoms. The van der Waals surface area contributed by atoms with Gasteiger partial charge in [-0.25, -0.2) is 14.8 Å². The highest BCUT2D eigenvalue weighted by atomic mass is 79.9. The van der Waals surface area contributed by atoms with Crippen molar-refractivity contribution in [1.82, 2.24) is 9.97 Å². The summed E-state index contributed by atoms with van der Waals surface area (Å²) < 4.78 is 5.80. The van der Waals surface area contributed by atoms with Crippen LogP contribution in [0, 0.1) is 0 Å². The number of carbonyl (C=O) groups is 1. The number of ether oxygens (including phenoxy) is 1. The lowest BCUT2D eigenvalue weighted by Gasteiger charge is -2.15. The number of benzene rings is 1. The first-order valence-electron chi connectivity index (χ1n) is 5.59. The molecule has 1 aromatic heterocycles. The molecule has 0 fully saturated rings. The Labute approximate surface area is 119 Å². The van der Waals surface area contributed by atoms with Gasteiger partial charge in [-0.3, -0.25) is 4.90 Å². The fraction of sp³-hybridized carbons (Fsp3) is 0.154. The number of carbonyl (C=O) groups excluding carboxylic acids is 1. The monoisotopic (exact) mass is 321 g/mol. The largest absolute Gasteiger partial charge is 0.444 e. The van der Waals surface area contributed by atoms with Crippen molar-refractivity contribution in [3.05, 3.63) is 52.9 Å². The quantitative estimate of drug-likeness (QED) is 0.872. The molecule has 0 unspecified atom stereocenters. The standard InChI is InChI=1S/C13H12BrN3O2/c1-17(12-8-15-11(14)7-16-12)13(18)19-9-10-5-3-2-4-6-10/h2-8H,9H2,1H3. The van der Waals surface area contributed by atoms with E-state index in [4.69, 9.17) is 4.74 Å². The van der Waals surface area contributed by atoms with E-state index in [1.807, 2.05) is 30.3 Å². The average Bonchev–Trinajstić information content (AvgIpc) is 2.46. The van der Waals surface area contributed by atoms with Gasteiger partial charge in [0, 0.05) is 7.05 Å². The molecule has 0 saturated heterocycles. The molecule has 98 valence electrons. The van der Waals surface area contributed by atoms with Crippen LogP contribution in [0.2, 0.25) is 0 Å². The molecule has 0 radical (unpaired) electrons. The molecule has 0 bridgehead atoms. The third kappa shape index (κ3) is 3.75. The van der Waals surface area contributed by atoms with Gasteiger partial charge in [-0.15, -0.1) is 0 Å². The Hall–Kier alpha value is -1.95. The van der Waals surface area contributed by atoms with Crippen LogP contribution in [0.4, 0.5) is 10.6 Å². The fourth-order valence-electron chi connectivity index (χ4n) is 1.39. The minimum absolute atomic E-state index is 0.230. The molecular weight excluding hydrogens is 310 g/mol. The van der Waals surface area contributed by atoms with Crippen molar-refractivity contribution in [2.24, 2.45) is 0 Å². The highest BCUT2D eigenvalue weighted by Crippen LogP contribution is 2.11. The molecule has 0 saturated carbocycles. The molecule has 0 aliphatic rings. The minimum atomic E-state index is -0.472. The van der Waals surface area contributed by atoms with Gasteiger partial charge >= 0.3 is 6.09 Å². The Bertz CT molecular complexity index is 546. The van der Waals surface area contributed by atoms with Crippen LogP contribution >= 0.6 is 15.9 Å². The van der Waals surface area contributed by atoms with Crippen molar-refractivity contribution in [2.75, 3.05) is 11.9 Å².